The number of hydrogen-bond donors (Lipinski definition) is 1. The van der Waals surface area contributed by atoms with Gasteiger partial charge >= 0.3 is 12.1 Å². The summed E-state index contributed by atoms with van der Waals surface area (Å²) >= 11 is 0. The van der Waals surface area contributed by atoms with Crippen molar-refractivity contribution >= 4 is 5.91 Å². The van der Waals surface area contributed by atoms with E-state index in [1.807, 2.05) is 0 Å². The molecule has 0 aromatic rings. The van der Waals surface area contributed by atoms with E-state index in [0.717, 1.165) is 4.90 Å². The molecule has 1 aliphatic rings. The van der Waals surface area contributed by atoms with Gasteiger partial charge in [0.15, 0.2) is 0 Å². The molecule has 0 aromatic carbocycles. The standard InChI is InChI=1S/C7H10F3NO2/c8-7(9,10)6(13)11-2-1-5(3-11)4-12/h5,12H,1-4H2. The lowest BCUT2D eigenvalue weighted by Gasteiger charge is -2.17. The maximum atomic E-state index is 11.9. The van der Waals surface area contributed by atoms with Gasteiger partial charge < -0.3 is 10.0 Å². The van der Waals surface area contributed by atoms with Gasteiger partial charge in [-0.25, -0.2) is 0 Å². The van der Waals surface area contributed by atoms with Crippen LogP contribution in [0.25, 0.3) is 0 Å². The lowest BCUT2D eigenvalue weighted by atomic mass is 10.1. The van der Waals surface area contributed by atoms with Crippen molar-refractivity contribution in [1.29, 1.82) is 0 Å². The molecule has 13 heavy (non-hydrogen) atoms. The summed E-state index contributed by atoms with van der Waals surface area (Å²) < 4.78 is 35.6. The molecule has 1 rings (SSSR count). The van der Waals surface area contributed by atoms with E-state index in [0.29, 0.717) is 6.42 Å². The van der Waals surface area contributed by atoms with E-state index >= 15 is 0 Å². The Labute approximate surface area is 73.1 Å². The van der Waals surface area contributed by atoms with Crippen molar-refractivity contribution in [2.45, 2.75) is 12.6 Å². The molecule has 1 atom stereocenters. The Kier molecular flexibility index (Phi) is 2.80. The minimum atomic E-state index is -4.79. The van der Waals surface area contributed by atoms with E-state index in [-0.39, 0.29) is 25.6 Å². The number of aliphatic hydroxyl groups excluding tert-OH is 1. The molecule has 1 N–H and O–H groups in total. The summed E-state index contributed by atoms with van der Waals surface area (Å²) in [5.74, 6) is -2.00. The Morgan fingerprint density at radius 2 is 2.15 bits per heavy atom. The number of rotatable bonds is 1. The van der Waals surface area contributed by atoms with Gasteiger partial charge in [0.25, 0.3) is 0 Å². The maximum absolute atomic E-state index is 11.9. The van der Waals surface area contributed by atoms with Crippen LogP contribution in [0.3, 0.4) is 0 Å². The minimum Gasteiger partial charge on any atom is -0.396 e. The van der Waals surface area contributed by atoms with Gasteiger partial charge in [0.1, 0.15) is 0 Å². The number of likely N-dealkylation sites (tertiary alicyclic amines) is 1. The topological polar surface area (TPSA) is 40.5 Å². The highest BCUT2D eigenvalue weighted by molar-refractivity contribution is 5.82. The van der Waals surface area contributed by atoms with Gasteiger partial charge in [0, 0.05) is 25.6 Å². The van der Waals surface area contributed by atoms with Crippen LogP contribution in [-0.2, 0) is 4.79 Å². The van der Waals surface area contributed by atoms with Crippen molar-refractivity contribution in [2.24, 2.45) is 5.92 Å². The van der Waals surface area contributed by atoms with Crippen LogP contribution in [0.15, 0.2) is 0 Å². The molecule has 0 spiro atoms. The molecule has 0 aliphatic carbocycles. The van der Waals surface area contributed by atoms with Crippen LogP contribution in [0.2, 0.25) is 0 Å². The predicted molar refractivity (Wildman–Crippen MR) is 37.8 cm³/mol. The van der Waals surface area contributed by atoms with Crippen molar-refractivity contribution in [2.75, 3.05) is 19.7 Å². The average molecular weight is 197 g/mol. The first kappa shape index (κ1) is 10.3. The van der Waals surface area contributed by atoms with Gasteiger partial charge in [-0.15, -0.1) is 0 Å². The summed E-state index contributed by atoms with van der Waals surface area (Å²) in [6.45, 7) is -0.0694. The zero-order valence-electron chi connectivity index (χ0n) is 6.84. The second-order valence-corrected chi connectivity index (χ2v) is 3.09. The summed E-state index contributed by atoms with van der Waals surface area (Å²) in [5.41, 5.74) is 0. The molecule has 0 saturated carbocycles. The van der Waals surface area contributed by atoms with Crippen molar-refractivity contribution < 1.29 is 23.1 Å². The second-order valence-electron chi connectivity index (χ2n) is 3.09. The smallest absolute Gasteiger partial charge is 0.396 e. The number of carbonyl (C=O) groups excluding carboxylic acids is 1. The molecule has 1 amide bonds. The summed E-state index contributed by atoms with van der Waals surface area (Å²) in [5, 5.41) is 8.65. The van der Waals surface area contributed by atoms with E-state index < -0.39 is 12.1 Å². The highest BCUT2D eigenvalue weighted by atomic mass is 19.4. The highest BCUT2D eigenvalue weighted by Crippen LogP contribution is 2.23. The van der Waals surface area contributed by atoms with E-state index in [2.05, 4.69) is 0 Å². The van der Waals surface area contributed by atoms with Gasteiger partial charge in [-0.05, 0) is 6.42 Å². The van der Waals surface area contributed by atoms with E-state index in [1.54, 1.807) is 0 Å². The molecule has 1 heterocycles. The van der Waals surface area contributed by atoms with Gasteiger partial charge in [0.2, 0.25) is 0 Å². The van der Waals surface area contributed by atoms with Crippen LogP contribution in [0, 0.1) is 5.92 Å². The third-order valence-electron chi connectivity index (χ3n) is 2.07. The molecular weight excluding hydrogens is 187 g/mol. The molecule has 1 aliphatic heterocycles. The van der Waals surface area contributed by atoms with Gasteiger partial charge in [-0.1, -0.05) is 0 Å². The molecule has 1 unspecified atom stereocenters. The molecule has 3 nitrogen and oxygen atoms in total. The van der Waals surface area contributed by atoms with E-state index in [1.165, 1.54) is 0 Å². The largest absolute Gasteiger partial charge is 0.471 e. The Bertz CT molecular complexity index is 204. The van der Waals surface area contributed by atoms with Crippen LogP contribution in [0.5, 0.6) is 0 Å². The average Bonchev–Trinajstić information content (AvgIpc) is 2.48. The summed E-state index contributed by atoms with van der Waals surface area (Å²) in [4.78, 5) is 11.4. The van der Waals surface area contributed by atoms with Gasteiger partial charge in [-0.3, -0.25) is 4.79 Å². The number of nitrogens with zero attached hydrogens (tertiary/aromatic N) is 1. The van der Waals surface area contributed by atoms with E-state index in [9.17, 15) is 18.0 Å². The zero-order chi connectivity index (χ0) is 10.1. The number of amides is 1. The first-order chi connectivity index (χ1) is 5.95. The number of carbonyl (C=O) groups is 1. The summed E-state index contributed by atoms with van der Waals surface area (Å²) in [6, 6.07) is 0. The molecule has 0 bridgehead atoms. The van der Waals surface area contributed by atoms with Crippen molar-refractivity contribution in [1.82, 2.24) is 4.90 Å². The number of hydrogen-bond acceptors (Lipinski definition) is 2. The van der Waals surface area contributed by atoms with E-state index in [4.69, 9.17) is 5.11 Å². The Hall–Kier alpha value is -0.780. The second kappa shape index (κ2) is 3.53. The molecule has 6 heteroatoms. The minimum absolute atomic E-state index is 0.00877. The molecular formula is C7H10F3NO2. The van der Waals surface area contributed by atoms with Crippen molar-refractivity contribution in [3.05, 3.63) is 0 Å². The van der Waals surface area contributed by atoms with Crippen LogP contribution in [0.1, 0.15) is 6.42 Å². The lowest BCUT2D eigenvalue weighted by Crippen LogP contribution is -2.39. The normalized spacial score (nSPS) is 23.7. The van der Waals surface area contributed by atoms with Crippen LogP contribution >= 0.6 is 0 Å². The number of aliphatic hydroxyl groups is 1. The quantitative estimate of drug-likeness (QED) is 0.660. The first-order valence-electron chi connectivity index (χ1n) is 3.92. The fourth-order valence-corrected chi connectivity index (χ4v) is 1.35. The van der Waals surface area contributed by atoms with Crippen LogP contribution in [0.4, 0.5) is 13.2 Å². The fourth-order valence-electron chi connectivity index (χ4n) is 1.35. The monoisotopic (exact) mass is 197 g/mol. The highest BCUT2D eigenvalue weighted by Gasteiger charge is 2.44. The Balaban J connectivity index is 2.52. The fraction of sp³-hybridized carbons (Fsp3) is 0.857. The summed E-state index contributed by atoms with van der Waals surface area (Å²) in [6.07, 6.45) is -4.34. The van der Waals surface area contributed by atoms with Crippen molar-refractivity contribution in [3.63, 3.8) is 0 Å². The molecule has 76 valence electrons. The Morgan fingerprint density at radius 1 is 1.54 bits per heavy atom. The summed E-state index contributed by atoms with van der Waals surface area (Å²) in [7, 11) is 0. The number of alkyl halides is 3. The lowest BCUT2D eigenvalue weighted by molar-refractivity contribution is -0.184. The van der Waals surface area contributed by atoms with Crippen LogP contribution < -0.4 is 0 Å². The molecule has 0 aromatic heterocycles. The van der Waals surface area contributed by atoms with Gasteiger partial charge in [-0.2, -0.15) is 13.2 Å². The molecule has 0 radical (unpaired) electrons. The van der Waals surface area contributed by atoms with Gasteiger partial charge in [0.05, 0.1) is 0 Å². The van der Waals surface area contributed by atoms with Crippen molar-refractivity contribution in [3.8, 4) is 0 Å². The zero-order valence-corrected chi connectivity index (χ0v) is 6.84. The number of halogens is 3. The SMILES string of the molecule is O=C(N1CCC(CO)C1)C(F)(F)F. The third kappa shape index (κ3) is 2.33. The first-order valence-corrected chi connectivity index (χ1v) is 3.92. The third-order valence-corrected chi connectivity index (χ3v) is 2.07. The Morgan fingerprint density at radius 3 is 2.54 bits per heavy atom. The molecule has 1 saturated heterocycles. The van der Waals surface area contributed by atoms with Crippen LogP contribution in [-0.4, -0.2) is 41.8 Å². The predicted octanol–water partition coefficient (Wildman–Crippen LogP) is 0.390. The maximum Gasteiger partial charge on any atom is 0.471 e. The molecule has 1 fully saturated rings.